The molecule has 0 saturated carbocycles. The van der Waals surface area contributed by atoms with Crippen LogP contribution in [0.15, 0.2) is 77.3 Å². The van der Waals surface area contributed by atoms with Gasteiger partial charge in [-0.05, 0) is 47.1 Å². The van der Waals surface area contributed by atoms with Crippen LogP contribution in [-0.2, 0) is 0 Å². The number of halogens is 1. The molecule has 0 aliphatic heterocycles. The van der Waals surface area contributed by atoms with E-state index < -0.39 is 0 Å². The lowest BCUT2D eigenvalue weighted by Gasteiger charge is -2.24. The molecule has 3 nitrogen and oxygen atoms in total. The van der Waals surface area contributed by atoms with E-state index in [1.54, 1.807) is 7.11 Å². The lowest BCUT2D eigenvalue weighted by atomic mass is 9.95. The van der Waals surface area contributed by atoms with Crippen molar-refractivity contribution >= 4 is 32.5 Å². The van der Waals surface area contributed by atoms with Gasteiger partial charge in [0, 0.05) is 37.9 Å². The minimum absolute atomic E-state index is 0.0593. The minimum Gasteiger partial charge on any atom is -0.496 e. The van der Waals surface area contributed by atoms with Crippen LogP contribution in [0.5, 0.6) is 5.75 Å². The van der Waals surface area contributed by atoms with Gasteiger partial charge in [-0.25, -0.2) is 0 Å². The van der Waals surface area contributed by atoms with E-state index in [0.717, 1.165) is 32.7 Å². The Balaban J connectivity index is 1.93. The Bertz CT molecular complexity index is 1090. The number of methoxy groups -OCH3 is 1. The minimum atomic E-state index is -0.0593. The average Bonchev–Trinajstić information content (AvgIpc) is 3.03. The summed E-state index contributed by atoms with van der Waals surface area (Å²) in [7, 11) is 1.72. The standard InChI is InChI=1S/C23H21BrN2O/c1-15-22(16-9-3-6-12-19(16)25-15)23(17-10-4-8-14-21(17)27-2)26-20-13-7-5-11-18(20)24/h3-14,23,25-26H,1-2H3. The summed E-state index contributed by atoms with van der Waals surface area (Å²) in [6.07, 6.45) is 0. The molecule has 4 rings (SSSR count). The molecular weight excluding hydrogens is 400 g/mol. The highest BCUT2D eigenvalue weighted by Gasteiger charge is 2.24. The maximum atomic E-state index is 5.68. The van der Waals surface area contributed by atoms with Crippen molar-refractivity contribution in [1.29, 1.82) is 0 Å². The Labute approximate surface area is 167 Å². The summed E-state index contributed by atoms with van der Waals surface area (Å²) >= 11 is 3.66. The normalized spacial score (nSPS) is 12.1. The third-order valence-corrected chi connectivity index (χ3v) is 5.55. The van der Waals surface area contributed by atoms with E-state index >= 15 is 0 Å². The molecule has 1 unspecified atom stereocenters. The molecule has 0 fully saturated rings. The number of hydrogen-bond acceptors (Lipinski definition) is 2. The third kappa shape index (κ3) is 3.33. The predicted octanol–water partition coefficient (Wildman–Crippen LogP) is 6.45. The second-order valence-corrected chi connectivity index (χ2v) is 7.36. The molecule has 0 amide bonds. The van der Waals surface area contributed by atoms with Crippen LogP contribution in [0.1, 0.15) is 22.9 Å². The number of fused-ring (bicyclic) bond motifs is 1. The van der Waals surface area contributed by atoms with Crippen LogP contribution in [0, 0.1) is 6.92 Å². The van der Waals surface area contributed by atoms with E-state index in [0.29, 0.717) is 0 Å². The first kappa shape index (κ1) is 17.7. The Morgan fingerprint density at radius 2 is 1.63 bits per heavy atom. The Hall–Kier alpha value is -2.72. The lowest BCUT2D eigenvalue weighted by molar-refractivity contribution is 0.408. The van der Waals surface area contributed by atoms with Crippen molar-refractivity contribution in [1.82, 2.24) is 4.98 Å². The monoisotopic (exact) mass is 420 g/mol. The van der Waals surface area contributed by atoms with Crippen molar-refractivity contribution in [2.24, 2.45) is 0 Å². The molecule has 0 bridgehead atoms. The van der Waals surface area contributed by atoms with Gasteiger partial charge >= 0.3 is 0 Å². The van der Waals surface area contributed by atoms with Crippen LogP contribution in [-0.4, -0.2) is 12.1 Å². The zero-order chi connectivity index (χ0) is 18.8. The summed E-state index contributed by atoms with van der Waals surface area (Å²) in [5, 5.41) is 4.94. The predicted molar refractivity (Wildman–Crippen MR) is 116 cm³/mol. The molecule has 1 heterocycles. The number of nitrogens with one attached hydrogen (secondary N) is 2. The summed E-state index contributed by atoms with van der Waals surface area (Å²) < 4.78 is 6.71. The average molecular weight is 421 g/mol. The van der Waals surface area contributed by atoms with Gasteiger partial charge in [-0.2, -0.15) is 0 Å². The van der Waals surface area contributed by atoms with E-state index in [4.69, 9.17) is 4.74 Å². The second-order valence-electron chi connectivity index (χ2n) is 6.51. The first-order valence-electron chi connectivity index (χ1n) is 8.90. The molecule has 0 aliphatic rings. The van der Waals surface area contributed by atoms with E-state index in [1.165, 1.54) is 10.9 Å². The van der Waals surface area contributed by atoms with Crippen LogP contribution in [0.25, 0.3) is 10.9 Å². The van der Waals surface area contributed by atoms with Crippen molar-refractivity contribution in [3.8, 4) is 5.75 Å². The second kappa shape index (κ2) is 7.49. The summed E-state index contributed by atoms with van der Waals surface area (Å²) in [4.78, 5) is 3.52. The van der Waals surface area contributed by atoms with Gasteiger partial charge in [0.05, 0.1) is 13.2 Å². The van der Waals surface area contributed by atoms with Crippen LogP contribution >= 0.6 is 15.9 Å². The van der Waals surface area contributed by atoms with Crippen molar-refractivity contribution in [3.63, 3.8) is 0 Å². The first-order valence-corrected chi connectivity index (χ1v) is 9.69. The SMILES string of the molecule is COc1ccccc1C(Nc1ccccc1Br)c1c(C)[nH]c2ccccc12. The maximum Gasteiger partial charge on any atom is 0.124 e. The number of para-hydroxylation sites is 3. The van der Waals surface area contributed by atoms with Gasteiger partial charge in [0.25, 0.3) is 0 Å². The fraction of sp³-hybridized carbons (Fsp3) is 0.130. The molecule has 0 aliphatic carbocycles. The van der Waals surface area contributed by atoms with E-state index in [2.05, 4.69) is 75.6 Å². The number of benzene rings is 3. The van der Waals surface area contributed by atoms with Gasteiger partial charge in [0.2, 0.25) is 0 Å². The number of ether oxygens (including phenoxy) is 1. The van der Waals surface area contributed by atoms with Gasteiger partial charge in [-0.15, -0.1) is 0 Å². The van der Waals surface area contributed by atoms with Crippen molar-refractivity contribution < 1.29 is 4.74 Å². The van der Waals surface area contributed by atoms with Gasteiger partial charge < -0.3 is 15.0 Å². The summed E-state index contributed by atoms with van der Waals surface area (Å²) in [6, 6.07) is 24.7. The van der Waals surface area contributed by atoms with Crippen LogP contribution in [0.2, 0.25) is 0 Å². The third-order valence-electron chi connectivity index (χ3n) is 4.86. The number of rotatable bonds is 5. The zero-order valence-electron chi connectivity index (χ0n) is 15.3. The Kier molecular flexibility index (Phi) is 4.90. The smallest absolute Gasteiger partial charge is 0.124 e. The number of aryl methyl sites for hydroxylation is 1. The molecule has 136 valence electrons. The van der Waals surface area contributed by atoms with Crippen LogP contribution < -0.4 is 10.1 Å². The summed E-state index contributed by atoms with van der Waals surface area (Å²) in [5.74, 6) is 0.867. The largest absolute Gasteiger partial charge is 0.496 e. The fourth-order valence-electron chi connectivity index (χ4n) is 3.61. The summed E-state index contributed by atoms with van der Waals surface area (Å²) in [5.41, 5.74) is 5.65. The number of aromatic nitrogens is 1. The molecule has 1 atom stereocenters. The number of anilines is 1. The first-order chi connectivity index (χ1) is 13.2. The molecule has 4 aromatic rings. The van der Waals surface area contributed by atoms with Crippen molar-refractivity contribution in [3.05, 3.63) is 94.1 Å². The quantitative estimate of drug-likeness (QED) is 0.389. The molecule has 0 radical (unpaired) electrons. The highest BCUT2D eigenvalue weighted by molar-refractivity contribution is 9.10. The van der Waals surface area contributed by atoms with Crippen LogP contribution in [0.3, 0.4) is 0 Å². The van der Waals surface area contributed by atoms with Gasteiger partial charge in [0.1, 0.15) is 5.75 Å². The molecule has 2 N–H and O–H groups in total. The number of hydrogen-bond donors (Lipinski definition) is 2. The van der Waals surface area contributed by atoms with Gasteiger partial charge in [0.15, 0.2) is 0 Å². The zero-order valence-corrected chi connectivity index (χ0v) is 16.9. The summed E-state index contributed by atoms with van der Waals surface area (Å²) in [6.45, 7) is 2.12. The lowest BCUT2D eigenvalue weighted by Crippen LogP contribution is -2.14. The van der Waals surface area contributed by atoms with E-state index in [1.807, 2.05) is 30.3 Å². The Morgan fingerprint density at radius 3 is 2.44 bits per heavy atom. The van der Waals surface area contributed by atoms with Crippen molar-refractivity contribution in [2.45, 2.75) is 13.0 Å². The van der Waals surface area contributed by atoms with E-state index in [-0.39, 0.29) is 6.04 Å². The van der Waals surface area contributed by atoms with Gasteiger partial charge in [-0.3, -0.25) is 0 Å². The topological polar surface area (TPSA) is 37.0 Å². The van der Waals surface area contributed by atoms with Crippen LogP contribution in [0.4, 0.5) is 5.69 Å². The van der Waals surface area contributed by atoms with Crippen molar-refractivity contribution in [2.75, 3.05) is 12.4 Å². The molecule has 3 aromatic carbocycles. The highest BCUT2D eigenvalue weighted by Crippen LogP contribution is 2.39. The number of aromatic amines is 1. The molecule has 0 spiro atoms. The van der Waals surface area contributed by atoms with E-state index in [9.17, 15) is 0 Å². The maximum absolute atomic E-state index is 5.68. The molecule has 1 aromatic heterocycles. The van der Waals surface area contributed by atoms with Gasteiger partial charge in [-0.1, -0.05) is 48.5 Å². The molecule has 27 heavy (non-hydrogen) atoms. The molecule has 0 saturated heterocycles. The fourth-order valence-corrected chi connectivity index (χ4v) is 4.01. The Morgan fingerprint density at radius 1 is 0.926 bits per heavy atom. The molecular formula is C23H21BrN2O. The molecule has 4 heteroatoms. The number of H-pyrrole nitrogens is 1. The highest BCUT2D eigenvalue weighted by atomic mass is 79.9.